The average molecular weight is 670 g/mol. The Morgan fingerprint density at radius 1 is 0.524 bits per heavy atom. The van der Waals surface area contributed by atoms with E-state index in [2.05, 4.69) is 145 Å². The zero-order chi connectivity index (χ0) is 32.3. The fourth-order valence-electron chi connectivity index (χ4n) is 4.31. The molecule has 1 aromatic heterocycles. The molecule has 0 aliphatic heterocycles. The van der Waals surface area contributed by atoms with Crippen LogP contribution in [-0.2, 0) is 34.8 Å². The first kappa shape index (κ1) is 36.8. The quantitative estimate of drug-likeness (QED) is 0.195. The number of hydrogen-bond donors (Lipinski definition) is 0. The summed E-state index contributed by atoms with van der Waals surface area (Å²) < 4.78 is 0. The second kappa shape index (κ2) is 14.1. The third-order valence-electron chi connectivity index (χ3n) is 7.21. The van der Waals surface area contributed by atoms with Crippen LogP contribution >= 0.6 is 31.5 Å². The molecule has 0 N–H and O–H groups in total. The summed E-state index contributed by atoms with van der Waals surface area (Å²) >= 11 is 1.96. The van der Waals surface area contributed by atoms with Gasteiger partial charge in [-0.05, 0) is 94.2 Å². The summed E-state index contributed by atoms with van der Waals surface area (Å²) in [6.07, 6.45) is 0. The SMILES string of the molecule is CC(=Nc1cc(C(C)(C)C)cc(C(C)(C)C)c1)c1ccc(C(C)=Nc2cc(C(C)(C)C)cc(C(C)(C)C)c2)s1.[Cl][Fe][Cl]. The summed E-state index contributed by atoms with van der Waals surface area (Å²) in [6, 6.07) is 18.0. The first-order chi connectivity index (χ1) is 19.1. The van der Waals surface area contributed by atoms with Gasteiger partial charge in [-0.25, -0.2) is 0 Å². The predicted octanol–water partition coefficient (Wildman–Crippen LogP) is 12.6. The molecule has 0 aliphatic rings. The second-order valence-electron chi connectivity index (χ2n) is 15.1. The van der Waals surface area contributed by atoms with Gasteiger partial charge in [0.05, 0.1) is 22.8 Å². The Bertz CT molecular complexity index is 1250. The molecule has 0 spiro atoms. The van der Waals surface area contributed by atoms with Crippen LogP contribution in [0.3, 0.4) is 0 Å². The molecule has 0 atom stereocenters. The normalized spacial score (nSPS) is 13.7. The summed E-state index contributed by atoms with van der Waals surface area (Å²) in [5.74, 6) is 0. The molecule has 0 radical (unpaired) electrons. The summed E-state index contributed by atoms with van der Waals surface area (Å²) in [7, 11) is 9.53. The number of halogens is 2. The van der Waals surface area contributed by atoms with E-state index in [0.29, 0.717) is 0 Å². The fourth-order valence-corrected chi connectivity index (χ4v) is 5.20. The maximum absolute atomic E-state index is 5.10. The number of benzene rings is 2. The van der Waals surface area contributed by atoms with Crippen LogP contribution in [-0.4, -0.2) is 11.4 Å². The Labute approximate surface area is 275 Å². The topological polar surface area (TPSA) is 24.7 Å². The van der Waals surface area contributed by atoms with Crippen molar-refractivity contribution in [2.75, 3.05) is 0 Å². The Kier molecular flexibility index (Phi) is 12.4. The molecule has 0 amide bonds. The van der Waals surface area contributed by atoms with Crippen LogP contribution in [0.4, 0.5) is 11.4 Å². The molecule has 0 saturated carbocycles. The Morgan fingerprint density at radius 2 is 0.762 bits per heavy atom. The van der Waals surface area contributed by atoms with Crippen molar-refractivity contribution < 1.29 is 13.1 Å². The molecular formula is C36H50Cl2FeN2S. The standard InChI is InChI=1S/C36H50N2S.2ClH.Fe/c1-23(37-29-19-25(33(3,4)5)17-26(20-29)34(6,7)8)31-15-16-32(39-31)24(2)38-30-21-27(35(9,10)11)18-28(22-30)36(12,13)14;;;/h15-22H,1-14H3;2*1H;/q;;;+2/p-2. The molecule has 0 unspecified atom stereocenters. The van der Waals surface area contributed by atoms with Gasteiger partial charge in [0.2, 0.25) is 0 Å². The first-order valence-corrected chi connectivity index (χ1v) is 18.3. The number of thiophene rings is 1. The van der Waals surface area contributed by atoms with Crippen molar-refractivity contribution in [3.05, 3.63) is 80.5 Å². The van der Waals surface area contributed by atoms with Gasteiger partial charge in [0, 0.05) is 9.75 Å². The molecule has 0 aliphatic carbocycles. The molecule has 6 heteroatoms. The Hall–Kier alpha value is -1.42. The van der Waals surface area contributed by atoms with Crippen LogP contribution < -0.4 is 0 Å². The first-order valence-electron chi connectivity index (χ1n) is 14.4. The molecule has 0 saturated heterocycles. The number of aliphatic imine (C=N–C) groups is 2. The van der Waals surface area contributed by atoms with Crippen molar-refractivity contribution in [3.63, 3.8) is 0 Å². The van der Waals surface area contributed by atoms with Gasteiger partial charge in [0.1, 0.15) is 0 Å². The second-order valence-corrected chi connectivity index (χ2v) is 18.1. The molecule has 232 valence electrons. The van der Waals surface area contributed by atoms with Crippen molar-refractivity contribution >= 4 is 54.3 Å². The van der Waals surface area contributed by atoms with Crippen LogP contribution in [0.15, 0.2) is 58.5 Å². The van der Waals surface area contributed by atoms with E-state index in [1.54, 1.807) is 11.3 Å². The van der Waals surface area contributed by atoms with Gasteiger partial charge in [-0.2, -0.15) is 0 Å². The Morgan fingerprint density at radius 3 is 0.976 bits per heavy atom. The molecule has 0 fully saturated rings. The van der Waals surface area contributed by atoms with Crippen molar-refractivity contribution in [3.8, 4) is 0 Å². The van der Waals surface area contributed by atoms with Crippen LogP contribution in [0.5, 0.6) is 0 Å². The van der Waals surface area contributed by atoms with E-state index in [4.69, 9.17) is 30.2 Å². The fraction of sp³-hybridized carbons (Fsp3) is 0.500. The molecule has 2 aromatic carbocycles. The molecule has 3 aromatic rings. The van der Waals surface area contributed by atoms with Gasteiger partial charge in [0.25, 0.3) is 0 Å². The van der Waals surface area contributed by atoms with Crippen LogP contribution in [0.1, 0.15) is 129 Å². The van der Waals surface area contributed by atoms with Crippen molar-refractivity contribution in [1.29, 1.82) is 0 Å². The third kappa shape index (κ3) is 10.6. The third-order valence-corrected chi connectivity index (χ3v) is 8.52. The summed E-state index contributed by atoms with van der Waals surface area (Å²) in [6.45, 7) is 31.5. The van der Waals surface area contributed by atoms with Crippen molar-refractivity contribution in [2.24, 2.45) is 9.98 Å². The maximum atomic E-state index is 5.10. The summed E-state index contributed by atoms with van der Waals surface area (Å²) in [4.78, 5) is 12.6. The molecule has 2 nitrogen and oxygen atoms in total. The van der Waals surface area contributed by atoms with E-state index in [1.807, 2.05) is 0 Å². The molecule has 42 heavy (non-hydrogen) atoms. The zero-order valence-electron chi connectivity index (χ0n) is 28.0. The van der Waals surface area contributed by atoms with E-state index in [-0.39, 0.29) is 34.8 Å². The summed E-state index contributed by atoms with van der Waals surface area (Å²) in [5, 5.41) is 0. The molecule has 0 bridgehead atoms. The van der Waals surface area contributed by atoms with Crippen molar-refractivity contribution in [1.82, 2.24) is 0 Å². The molecular weight excluding hydrogens is 619 g/mol. The minimum atomic E-state index is 0.0697. The van der Waals surface area contributed by atoms with Gasteiger partial charge in [-0.3, -0.25) is 9.98 Å². The van der Waals surface area contributed by atoms with Gasteiger partial charge >= 0.3 is 33.3 Å². The minimum absolute atomic E-state index is 0.0697. The number of hydrogen-bond acceptors (Lipinski definition) is 3. The number of rotatable bonds is 4. The monoisotopic (exact) mass is 668 g/mol. The van der Waals surface area contributed by atoms with Crippen LogP contribution in [0, 0.1) is 0 Å². The molecule has 3 rings (SSSR count). The van der Waals surface area contributed by atoms with E-state index in [0.717, 1.165) is 22.8 Å². The molecule has 1 heterocycles. The average Bonchev–Trinajstić information content (AvgIpc) is 3.33. The Balaban J connectivity index is 0.00000197. The van der Waals surface area contributed by atoms with Gasteiger partial charge < -0.3 is 0 Å². The zero-order valence-corrected chi connectivity index (χ0v) is 31.5. The van der Waals surface area contributed by atoms with E-state index in [9.17, 15) is 0 Å². The van der Waals surface area contributed by atoms with E-state index >= 15 is 0 Å². The van der Waals surface area contributed by atoms with Crippen molar-refractivity contribution in [2.45, 2.75) is 119 Å². The predicted molar refractivity (Wildman–Crippen MR) is 187 cm³/mol. The van der Waals surface area contributed by atoms with Gasteiger partial charge in [-0.1, -0.05) is 95.2 Å². The van der Waals surface area contributed by atoms with E-state index < -0.39 is 0 Å². The van der Waals surface area contributed by atoms with Gasteiger partial charge in [-0.15, -0.1) is 11.3 Å². The van der Waals surface area contributed by atoms with Crippen LogP contribution in [0.2, 0.25) is 0 Å². The van der Waals surface area contributed by atoms with Crippen LogP contribution in [0.25, 0.3) is 0 Å². The number of nitrogens with zero attached hydrogens (tertiary/aromatic N) is 2. The van der Waals surface area contributed by atoms with E-state index in [1.165, 1.54) is 32.0 Å². The summed E-state index contributed by atoms with van der Waals surface area (Å²) in [5.41, 5.74) is 9.70. The van der Waals surface area contributed by atoms with Gasteiger partial charge in [0.15, 0.2) is 0 Å².